The molecule has 0 aliphatic rings. The minimum Gasteiger partial charge on any atom is -0.481 e. The lowest BCUT2D eigenvalue weighted by molar-refractivity contribution is -0.136. The van der Waals surface area contributed by atoms with Gasteiger partial charge in [-0.1, -0.05) is 28.1 Å². The molecule has 0 heterocycles. The zero-order chi connectivity index (χ0) is 14.5. The molecule has 0 atom stereocenters. The van der Waals surface area contributed by atoms with Crippen molar-refractivity contribution >= 4 is 21.9 Å². The molecule has 0 spiro atoms. The number of nitriles is 1. The van der Waals surface area contributed by atoms with Gasteiger partial charge in [0.05, 0.1) is 12.0 Å². The van der Waals surface area contributed by atoms with Crippen LogP contribution in [0.2, 0.25) is 0 Å². The predicted octanol–water partition coefficient (Wildman–Crippen LogP) is 3.74. The van der Waals surface area contributed by atoms with Gasteiger partial charge in [0.1, 0.15) is 17.6 Å². The van der Waals surface area contributed by atoms with Gasteiger partial charge < -0.3 is 9.84 Å². The number of aliphatic carboxylic acids is 1. The normalized spacial score (nSPS) is 9.80. The van der Waals surface area contributed by atoms with Crippen molar-refractivity contribution in [2.75, 3.05) is 0 Å². The Morgan fingerprint density at radius 2 is 2.10 bits per heavy atom. The molecule has 0 unspecified atom stereocenters. The lowest BCUT2D eigenvalue weighted by atomic mass is 10.1. The Balaban J connectivity index is 2.26. The highest BCUT2D eigenvalue weighted by molar-refractivity contribution is 9.10. The SMILES string of the molecule is N#Cc1cc(Br)ccc1Oc1cccc(CC(=O)O)c1. The first-order valence-electron chi connectivity index (χ1n) is 5.77. The molecule has 4 nitrogen and oxygen atoms in total. The van der Waals surface area contributed by atoms with Crippen molar-refractivity contribution in [3.63, 3.8) is 0 Å². The molecule has 100 valence electrons. The van der Waals surface area contributed by atoms with E-state index in [0.717, 1.165) is 4.47 Å². The second-order valence-corrected chi connectivity index (χ2v) is 4.99. The Labute approximate surface area is 124 Å². The fourth-order valence-corrected chi connectivity index (χ4v) is 2.06. The molecule has 0 saturated carbocycles. The lowest BCUT2D eigenvalue weighted by Gasteiger charge is -2.08. The Morgan fingerprint density at radius 1 is 1.30 bits per heavy atom. The summed E-state index contributed by atoms with van der Waals surface area (Å²) in [6.07, 6.45) is -0.0668. The molecule has 0 aliphatic heterocycles. The van der Waals surface area contributed by atoms with Crippen LogP contribution in [0.4, 0.5) is 0 Å². The summed E-state index contributed by atoms with van der Waals surface area (Å²) in [5, 5.41) is 17.8. The molecule has 5 heteroatoms. The first-order chi connectivity index (χ1) is 9.58. The van der Waals surface area contributed by atoms with E-state index in [9.17, 15) is 4.79 Å². The number of benzene rings is 2. The summed E-state index contributed by atoms with van der Waals surface area (Å²) in [6, 6.07) is 14.0. The smallest absolute Gasteiger partial charge is 0.307 e. The van der Waals surface area contributed by atoms with Crippen LogP contribution in [-0.2, 0) is 11.2 Å². The first-order valence-corrected chi connectivity index (χ1v) is 6.56. The number of carboxylic acid groups (broad SMARTS) is 1. The topological polar surface area (TPSA) is 70.3 Å². The van der Waals surface area contributed by atoms with Gasteiger partial charge in [-0.25, -0.2) is 0 Å². The summed E-state index contributed by atoms with van der Waals surface area (Å²) in [5.74, 6) is 0.0363. The molecule has 2 rings (SSSR count). The van der Waals surface area contributed by atoms with Crippen LogP contribution in [-0.4, -0.2) is 11.1 Å². The van der Waals surface area contributed by atoms with Gasteiger partial charge in [0.2, 0.25) is 0 Å². The molecule has 0 aromatic heterocycles. The third kappa shape index (κ3) is 3.59. The van der Waals surface area contributed by atoms with E-state index in [1.807, 2.05) is 0 Å². The highest BCUT2D eigenvalue weighted by Gasteiger charge is 2.07. The summed E-state index contributed by atoms with van der Waals surface area (Å²) in [6.45, 7) is 0. The number of carboxylic acids is 1. The average Bonchev–Trinajstić information content (AvgIpc) is 2.40. The molecule has 1 N–H and O–H groups in total. The molecular formula is C15H10BrNO3. The number of ether oxygens (including phenoxy) is 1. The summed E-state index contributed by atoms with van der Waals surface area (Å²) in [5.41, 5.74) is 1.05. The molecule has 0 amide bonds. The monoisotopic (exact) mass is 331 g/mol. The van der Waals surface area contributed by atoms with Crippen LogP contribution in [0.25, 0.3) is 0 Å². The molecular weight excluding hydrogens is 322 g/mol. The molecule has 0 radical (unpaired) electrons. The molecule has 20 heavy (non-hydrogen) atoms. The molecule has 0 bridgehead atoms. The second-order valence-electron chi connectivity index (χ2n) is 4.07. The van der Waals surface area contributed by atoms with Gasteiger partial charge in [0, 0.05) is 4.47 Å². The second kappa shape index (κ2) is 6.22. The third-order valence-electron chi connectivity index (χ3n) is 2.54. The Hall–Kier alpha value is -2.32. The summed E-state index contributed by atoms with van der Waals surface area (Å²) < 4.78 is 6.43. The summed E-state index contributed by atoms with van der Waals surface area (Å²) in [7, 11) is 0. The molecule has 2 aromatic rings. The average molecular weight is 332 g/mol. The van der Waals surface area contributed by atoms with E-state index in [2.05, 4.69) is 22.0 Å². The number of rotatable bonds is 4. The quantitative estimate of drug-likeness (QED) is 0.926. The largest absolute Gasteiger partial charge is 0.481 e. The zero-order valence-corrected chi connectivity index (χ0v) is 11.9. The van der Waals surface area contributed by atoms with Crippen LogP contribution in [0.5, 0.6) is 11.5 Å². The van der Waals surface area contributed by atoms with Gasteiger partial charge in [0.15, 0.2) is 0 Å². The van der Waals surface area contributed by atoms with Crippen molar-refractivity contribution in [2.45, 2.75) is 6.42 Å². The zero-order valence-electron chi connectivity index (χ0n) is 10.3. The maximum Gasteiger partial charge on any atom is 0.307 e. The number of carbonyl (C=O) groups is 1. The fourth-order valence-electron chi connectivity index (χ4n) is 1.70. The minimum atomic E-state index is -0.900. The molecule has 2 aromatic carbocycles. The van der Waals surface area contributed by atoms with Crippen LogP contribution in [0.3, 0.4) is 0 Å². The Bertz CT molecular complexity index is 692. The van der Waals surface area contributed by atoms with E-state index in [4.69, 9.17) is 15.1 Å². The van der Waals surface area contributed by atoms with Crippen molar-refractivity contribution in [1.82, 2.24) is 0 Å². The molecule has 0 saturated heterocycles. The van der Waals surface area contributed by atoms with Gasteiger partial charge in [0.25, 0.3) is 0 Å². The van der Waals surface area contributed by atoms with Crippen LogP contribution >= 0.6 is 15.9 Å². The molecule has 0 fully saturated rings. The van der Waals surface area contributed by atoms with Gasteiger partial charge >= 0.3 is 5.97 Å². The summed E-state index contributed by atoms with van der Waals surface area (Å²) in [4.78, 5) is 10.7. The Morgan fingerprint density at radius 3 is 2.80 bits per heavy atom. The minimum absolute atomic E-state index is 0.0668. The van der Waals surface area contributed by atoms with Crippen LogP contribution in [0.15, 0.2) is 46.9 Å². The maximum absolute atomic E-state index is 10.7. The van der Waals surface area contributed by atoms with Crippen LogP contribution in [0, 0.1) is 11.3 Å². The van der Waals surface area contributed by atoms with Crippen molar-refractivity contribution in [3.05, 3.63) is 58.1 Å². The maximum atomic E-state index is 10.7. The number of halogens is 1. The predicted molar refractivity (Wildman–Crippen MR) is 76.7 cm³/mol. The van der Waals surface area contributed by atoms with Gasteiger partial charge in [-0.05, 0) is 35.9 Å². The fraction of sp³-hybridized carbons (Fsp3) is 0.0667. The summed E-state index contributed by atoms with van der Waals surface area (Å²) >= 11 is 3.29. The van der Waals surface area contributed by atoms with Crippen molar-refractivity contribution < 1.29 is 14.6 Å². The lowest BCUT2D eigenvalue weighted by Crippen LogP contribution is -2.00. The highest BCUT2D eigenvalue weighted by atomic mass is 79.9. The Kier molecular flexibility index (Phi) is 4.38. The van der Waals surface area contributed by atoms with E-state index in [1.165, 1.54) is 0 Å². The van der Waals surface area contributed by atoms with Crippen molar-refractivity contribution in [2.24, 2.45) is 0 Å². The first kappa shape index (κ1) is 14.1. The van der Waals surface area contributed by atoms with Gasteiger partial charge in [-0.2, -0.15) is 5.26 Å². The van der Waals surface area contributed by atoms with E-state index in [-0.39, 0.29) is 6.42 Å². The van der Waals surface area contributed by atoms with Crippen LogP contribution < -0.4 is 4.74 Å². The third-order valence-corrected chi connectivity index (χ3v) is 3.04. The van der Waals surface area contributed by atoms with Crippen molar-refractivity contribution in [3.8, 4) is 17.6 Å². The molecule has 0 aliphatic carbocycles. The van der Waals surface area contributed by atoms with E-state index < -0.39 is 5.97 Å². The van der Waals surface area contributed by atoms with E-state index in [1.54, 1.807) is 42.5 Å². The number of hydrogen-bond acceptors (Lipinski definition) is 3. The van der Waals surface area contributed by atoms with E-state index in [0.29, 0.717) is 22.6 Å². The van der Waals surface area contributed by atoms with E-state index >= 15 is 0 Å². The van der Waals surface area contributed by atoms with Gasteiger partial charge in [-0.15, -0.1) is 0 Å². The number of nitrogens with zero attached hydrogens (tertiary/aromatic N) is 1. The van der Waals surface area contributed by atoms with Crippen molar-refractivity contribution in [1.29, 1.82) is 5.26 Å². The highest BCUT2D eigenvalue weighted by Crippen LogP contribution is 2.28. The standard InChI is InChI=1S/C15H10BrNO3/c16-12-4-5-14(11(8-12)9-17)20-13-3-1-2-10(6-13)7-15(18)19/h1-6,8H,7H2,(H,18,19). The van der Waals surface area contributed by atoms with Gasteiger partial charge in [-0.3, -0.25) is 4.79 Å². The van der Waals surface area contributed by atoms with Crippen LogP contribution in [0.1, 0.15) is 11.1 Å². The number of hydrogen-bond donors (Lipinski definition) is 1.